The molecular formula is C16H22N4O. The molecular weight excluding hydrogens is 264 g/mol. The van der Waals surface area contributed by atoms with Crippen LogP contribution in [0.25, 0.3) is 11.3 Å². The Morgan fingerprint density at radius 1 is 1.14 bits per heavy atom. The van der Waals surface area contributed by atoms with E-state index in [0.717, 1.165) is 30.4 Å². The van der Waals surface area contributed by atoms with Crippen molar-refractivity contribution in [3.05, 3.63) is 41.9 Å². The fraction of sp³-hybridized carbons (Fsp3) is 0.375. The fourth-order valence-corrected chi connectivity index (χ4v) is 1.89. The van der Waals surface area contributed by atoms with Crippen LogP contribution in [0.3, 0.4) is 0 Å². The van der Waals surface area contributed by atoms with Crippen LogP contribution in [0.4, 0.5) is 0 Å². The Bertz CT molecular complexity index is 579. The third-order valence-electron chi connectivity index (χ3n) is 2.95. The molecule has 0 amide bonds. The Kier molecular flexibility index (Phi) is 5.37. The normalized spacial score (nSPS) is 10.2. The number of aliphatic imine (C=N–C) groups is 1. The first-order valence-electron chi connectivity index (χ1n) is 7.26. The van der Waals surface area contributed by atoms with E-state index in [1.165, 1.54) is 5.56 Å². The third kappa shape index (κ3) is 4.34. The number of nitrogens with one attached hydrogen (secondary N) is 2. The first-order chi connectivity index (χ1) is 10.2. The highest BCUT2D eigenvalue weighted by molar-refractivity contribution is 5.79. The van der Waals surface area contributed by atoms with Crippen LogP contribution in [-0.4, -0.2) is 24.0 Å². The summed E-state index contributed by atoms with van der Waals surface area (Å²) in [7, 11) is 0. The van der Waals surface area contributed by atoms with E-state index in [-0.39, 0.29) is 0 Å². The molecule has 112 valence electrons. The molecule has 1 heterocycles. The predicted molar refractivity (Wildman–Crippen MR) is 85.2 cm³/mol. The van der Waals surface area contributed by atoms with E-state index >= 15 is 0 Å². The number of hydrogen-bond donors (Lipinski definition) is 2. The lowest BCUT2D eigenvalue weighted by Crippen LogP contribution is -2.36. The molecule has 0 saturated carbocycles. The first kappa shape index (κ1) is 15.1. The quantitative estimate of drug-likeness (QED) is 0.655. The summed E-state index contributed by atoms with van der Waals surface area (Å²) in [5.41, 5.74) is 2.26. The number of nitrogens with zero attached hydrogens (tertiary/aromatic N) is 2. The predicted octanol–water partition coefficient (Wildman–Crippen LogP) is 2.73. The van der Waals surface area contributed by atoms with Crippen molar-refractivity contribution >= 4 is 5.96 Å². The standard InChI is InChI=1S/C16H22N4O/c1-4-17-16(18-5-2)20-11-15-19-10-14(21-15)13-8-6-12(3)7-9-13/h6-10H,4-5,11H2,1-3H3,(H2,17,18,20). The Hall–Kier alpha value is -2.30. The summed E-state index contributed by atoms with van der Waals surface area (Å²) < 4.78 is 5.74. The van der Waals surface area contributed by atoms with Crippen LogP contribution in [0.5, 0.6) is 0 Å². The van der Waals surface area contributed by atoms with Gasteiger partial charge in [0.05, 0.1) is 6.20 Å². The molecule has 0 atom stereocenters. The average Bonchev–Trinajstić information content (AvgIpc) is 2.95. The van der Waals surface area contributed by atoms with Crippen LogP contribution >= 0.6 is 0 Å². The topological polar surface area (TPSA) is 62.5 Å². The van der Waals surface area contributed by atoms with Gasteiger partial charge in [-0.1, -0.05) is 29.8 Å². The maximum atomic E-state index is 5.74. The Morgan fingerprint density at radius 2 is 1.81 bits per heavy atom. The molecule has 2 N–H and O–H groups in total. The third-order valence-corrected chi connectivity index (χ3v) is 2.95. The molecule has 21 heavy (non-hydrogen) atoms. The molecule has 0 aliphatic carbocycles. The first-order valence-corrected chi connectivity index (χ1v) is 7.26. The van der Waals surface area contributed by atoms with Gasteiger partial charge in [0.25, 0.3) is 0 Å². The van der Waals surface area contributed by atoms with Crippen molar-refractivity contribution in [2.24, 2.45) is 4.99 Å². The molecule has 1 aromatic heterocycles. The highest BCUT2D eigenvalue weighted by atomic mass is 16.4. The van der Waals surface area contributed by atoms with Gasteiger partial charge in [0.2, 0.25) is 5.89 Å². The Morgan fingerprint density at radius 3 is 2.43 bits per heavy atom. The lowest BCUT2D eigenvalue weighted by molar-refractivity contribution is 0.509. The lowest BCUT2D eigenvalue weighted by Gasteiger charge is -2.07. The van der Waals surface area contributed by atoms with Gasteiger partial charge in [0.1, 0.15) is 6.54 Å². The van der Waals surface area contributed by atoms with E-state index in [1.807, 2.05) is 26.0 Å². The second kappa shape index (κ2) is 7.47. The van der Waals surface area contributed by atoms with Crippen LogP contribution in [0.1, 0.15) is 25.3 Å². The lowest BCUT2D eigenvalue weighted by atomic mass is 10.1. The van der Waals surface area contributed by atoms with Crippen molar-refractivity contribution < 1.29 is 4.42 Å². The molecule has 0 saturated heterocycles. The molecule has 2 aromatic rings. The highest BCUT2D eigenvalue weighted by Gasteiger charge is 2.06. The largest absolute Gasteiger partial charge is 0.439 e. The van der Waals surface area contributed by atoms with E-state index in [0.29, 0.717) is 12.4 Å². The number of hydrogen-bond acceptors (Lipinski definition) is 3. The highest BCUT2D eigenvalue weighted by Crippen LogP contribution is 2.20. The zero-order chi connectivity index (χ0) is 15.1. The molecule has 0 unspecified atom stereocenters. The number of rotatable bonds is 5. The van der Waals surface area contributed by atoms with Gasteiger partial charge in [-0.3, -0.25) is 0 Å². The van der Waals surface area contributed by atoms with Crippen LogP contribution in [0.15, 0.2) is 39.9 Å². The number of benzene rings is 1. The van der Waals surface area contributed by atoms with E-state index in [4.69, 9.17) is 4.42 Å². The maximum Gasteiger partial charge on any atom is 0.216 e. The monoisotopic (exact) mass is 286 g/mol. The molecule has 0 aliphatic heterocycles. The minimum Gasteiger partial charge on any atom is -0.439 e. The van der Waals surface area contributed by atoms with E-state index in [2.05, 4.69) is 39.7 Å². The van der Waals surface area contributed by atoms with Gasteiger partial charge in [-0.25, -0.2) is 9.98 Å². The van der Waals surface area contributed by atoms with Gasteiger partial charge >= 0.3 is 0 Å². The van der Waals surface area contributed by atoms with Crippen LogP contribution in [-0.2, 0) is 6.54 Å². The minimum absolute atomic E-state index is 0.418. The molecule has 0 bridgehead atoms. The van der Waals surface area contributed by atoms with E-state index < -0.39 is 0 Å². The van der Waals surface area contributed by atoms with Crippen LogP contribution < -0.4 is 10.6 Å². The van der Waals surface area contributed by atoms with Crippen molar-refractivity contribution in [3.8, 4) is 11.3 Å². The van der Waals surface area contributed by atoms with Gasteiger partial charge in [0.15, 0.2) is 11.7 Å². The van der Waals surface area contributed by atoms with E-state index in [1.54, 1.807) is 6.20 Å². The molecule has 2 rings (SSSR count). The van der Waals surface area contributed by atoms with Crippen molar-refractivity contribution in [1.29, 1.82) is 0 Å². The molecule has 5 heteroatoms. The van der Waals surface area contributed by atoms with Gasteiger partial charge < -0.3 is 15.1 Å². The SMILES string of the molecule is CCNC(=NCc1ncc(-c2ccc(C)cc2)o1)NCC. The van der Waals surface area contributed by atoms with Crippen molar-refractivity contribution in [1.82, 2.24) is 15.6 Å². The summed E-state index contributed by atoms with van der Waals surface area (Å²) in [4.78, 5) is 8.71. The summed E-state index contributed by atoms with van der Waals surface area (Å²) in [6.45, 7) is 8.20. The Balaban J connectivity index is 2.05. The summed E-state index contributed by atoms with van der Waals surface area (Å²) in [5, 5.41) is 6.34. The van der Waals surface area contributed by atoms with Crippen molar-refractivity contribution in [3.63, 3.8) is 0 Å². The Labute approximate surface area is 125 Å². The van der Waals surface area contributed by atoms with Crippen molar-refractivity contribution in [2.75, 3.05) is 13.1 Å². The zero-order valence-electron chi connectivity index (χ0n) is 12.8. The summed E-state index contributed by atoms with van der Waals surface area (Å²) in [6, 6.07) is 8.19. The minimum atomic E-state index is 0.418. The van der Waals surface area contributed by atoms with Gasteiger partial charge in [-0.15, -0.1) is 0 Å². The summed E-state index contributed by atoms with van der Waals surface area (Å²) in [5.74, 6) is 2.16. The molecule has 0 fully saturated rings. The number of oxazole rings is 1. The second-order valence-corrected chi connectivity index (χ2v) is 4.71. The van der Waals surface area contributed by atoms with Gasteiger partial charge in [0, 0.05) is 18.7 Å². The van der Waals surface area contributed by atoms with Crippen LogP contribution in [0.2, 0.25) is 0 Å². The number of aromatic nitrogens is 1. The van der Waals surface area contributed by atoms with Crippen LogP contribution in [0, 0.1) is 6.92 Å². The van der Waals surface area contributed by atoms with E-state index in [9.17, 15) is 0 Å². The van der Waals surface area contributed by atoms with Crippen molar-refractivity contribution in [2.45, 2.75) is 27.3 Å². The zero-order valence-corrected chi connectivity index (χ0v) is 12.8. The van der Waals surface area contributed by atoms with Gasteiger partial charge in [-0.2, -0.15) is 0 Å². The summed E-state index contributed by atoms with van der Waals surface area (Å²) >= 11 is 0. The molecule has 5 nitrogen and oxygen atoms in total. The number of guanidine groups is 1. The average molecular weight is 286 g/mol. The van der Waals surface area contributed by atoms with Gasteiger partial charge in [-0.05, 0) is 20.8 Å². The molecule has 1 aromatic carbocycles. The maximum absolute atomic E-state index is 5.74. The second-order valence-electron chi connectivity index (χ2n) is 4.71. The smallest absolute Gasteiger partial charge is 0.216 e. The number of aryl methyl sites for hydroxylation is 1. The molecule has 0 aliphatic rings. The molecule has 0 spiro atoms. The summed E-state index contributed by atoms with van der Waals surface area (Å²) in [6.07, 6.45) is 1.75. The fourth-order valence-electron chi connectivity index (χ4n) is 1.89. The molecule has 0 radical (unpaired) electrons.